The Morgan fingerprint density at radius 1 is 1.16 bits per heavy atom. The molecule has 2 atom stereocenters. The van der Waals surface area contributed by atoms with Gasteiger partial charge in [-0.1, -0.05) is 27.7 Å². The van der Waals surface area contributed by atoms with E-state index in [9.17, 15) is 4.79 Å². The molecule has 2 saturated heterocycles. The minimum Gasteiger partial charge on any atom is -0.339 e. The van der Waals surface area contributed by atoms with E-state index in [4.69, 9.17) is 0 Å². The summed E-state index contributed by atoms with van der Waals surface area (Å²) in [7, 11) is 0. The van der Waals surface area contributed by atoms with Gasteiger partial charge in [0, 0.05) is 31.6 Å². The van der Waals surface area contributed by atoms with Gasteiger partial charge in [0.15, 0.2) is 0 Å². The number of nitrogens with zero attached hydrogens (tertiary/aromatic N) is 2. The lowest BCUT2D eigenvalue weighted by Gasteiger charge is -2.38. The van der Waals surface area contributed by atoms with Gasteiger partial charge in [-0.15, -0.1) is 0 Å². The lowest BCUT2D eigenvalue weighted by Crippen LogP contribution is -2.48. The molecule has 0 aromatic heterocycles. The molecule has 0 aliphatic carbocycles. The topological polar surface area (TPSA) is 23.6 Å². The molecule has 0 N–H and O–H groups in total. The zero-order valence-corrected chi connectivity index (χ0v) is 13.1. The molecular weight excluding hydrogens is 236 g/mol. The van der Waals surface area contributed by atoms with Gasteiger partial charge in [0.2, 0.25) is 5.91 Å². The Kier molecular flexibility index (Phi) is 4.88. The van der Waals surface area contributed by atoms with Crippen molar-refractivity contribution in [2.24, 2.45) is 17.8 Å². The molecule has 2 fully saturated rings. The number of amides is 1. The van der Waals surface area contributed by atoms with Crippen LogP contribution in [0.4, 0.5) is 0 Å². The fourth-order valence-electron chi connectivity index (χ4n) is 3.51. The molecule has 2 heterocycles. The number of likely N-dealkylation sites (tertiary alicyclic amines) is 2. The summed E-state index contributed by atoms with van der Waals surface area (Å²) < 4.78 is 0. The van der Waals surface area contributed by atoms with Crippen molar-refractivity contribution < 1.29 is 4.79 Å². The molecule has 3 heteroatoms. The fourth-order valence-corrected chi connectivity index (χ4v) is 3.51. The van der Waals surface area contributed by atoms with Crippen LogP contribution in [-0.4, -0.2) is 47.9 Å². The van der Waals surface area contributed by atoms with Crippen LogP contribution in [0, 0.1) is 17.8 Å². The molecular formula is C16H30N2O. The van der Waals surface area contributed by atoms with Gasteiger partial charge in [0.05, 0.1) is 0 Å². The average molecular weight is 266 g/mol. The van der Waals surface area contributed by atoms with Crippen LogP contribution in [0.5, 0.6) is 0 Å². The summed E-state index contributed by atoms with van der Waals surface area (Å²) in [5.41, 5.74) is 0. The maximum absolute atomic E-state index is 12.2. The first-order valence-corrected chi connectivity index (χ1v) is 8.02. The lowest BCUT2D eigenvalue weighted by molar-refractivity contribution is -0.136. The number of piperidine rings is 1. The summed E-state index contributed by atoms with van der Waals surface area (Å²) in [6.07, 6.45) is 3.69. The van der Waals surface area contributed by atoms with E-state index in [1.807, 2.05) is 13.8 Å². The molecule has 110 valence electrons. The van der Waals surface area contributed by atoms with E-state index < -0.39 is 0 Å². The van der Waals surface area contributed by atoms with Gasteiger partial charge in [-0.05, 0) is 37.6 Å². The Hall–Kier alpha value is -0.570. The summed E-state index contributed by atoms with van der Waals surface area (Å²) in [6, 6.07) is 0.533. The van der Waals surface area contributed by atoms with E-state index in [2.05, 4.69) is 23.6 Å². The van der Waals surface area contributed by atoms with Crippen molar-refractivity contribution in [1.82, 2.24) is 9.80 Å². The number of fused-ring (bicyclic) bond motifs is 1. The standard InChI is InChI=1S/C16H30N2O/c1-12(2)5-8-17-9-7-15-14(11-17)6-10-18(15)16(19)13(3)4/h12-15H,5-11H2,1-4H3/t14-,15+/m0/s1. The van der Waals surface area contributed by atoms with Gasteiger partial charge in [0.1, 0.15) is 0 Å². The van der Waals surface area contributed by atoms with E-state index in [1.165, 1.54) is 38.9 Å². The number of carbonyl (C=O) groups is 1. The second-order valence-corrected chi connectivity index (χ2v) is 7.07. The molecule has 19 heavy (non-hydrogen) atoms. The van der Waals surface area contributed by atoms with E-state index in [-0.39, 0.29) is 5.92 Å². The second kappa shape index (κ2) is 6.25. The largest absolute Gasteiger partial charge is 0.339 e. The predicted molar refractivity (Wildman–Crippen MR) is 79.0 cm³/mol. The van der Waals surface area contributed by atoms with E-state index in [0.29, 0.717) is 11.9 Å². The maximum atomic E-state index is 12.2. The summed E-state index contributed by atoms with van der Waals surface area (Å²) in [5.74, 6) is 2.03. The van der Waals surface area contributed by atoms with Crippen LogP contribution in [-0.2, 0) is 4.79 Å². The Morgan fingerprint density at radius 2 is 1.89 bits per heavy atom. The van der Waals surface area contributed by atoms with Crippen molar-refractivity contribution in [3.8, 4) is 0 Å². The minimum absolute atomic E-state index is 0.151. The SMILES string of the molecule is CC(C)CCN1CC[C@@H]2[C@@H](CCN2C(=O)C(C)C)C1. The molecule has 0 spiro atoms. The van der Waals surface area contributed by atoms with E-state index in [1.54, 1.807) is 0 Å². The zero-order chi connectivity index (χ0) is 14.0. The van der Waals surface area contributed by atoms with Crippen LogP contribution >= 0.6 is 0 Å². The molecule has 0 unspecified atom stereocenters. The van der Waals surface area contributed by atoms with Crippen molar-refractivity contribution in [2.75, 3.05) is 26.2 Å². The third-order valence-electron chi connectivity index (χ3n) is 4.72. The molecule has 3 nitrogen and oxygen atoms in total. The van der Waals surface area contributed by atoms with Crippen molar-refractivity contribution in [1.29, 1.82) is 0 Å². The first-order valence-electron chi connectivity index (χ1n) is 8.02. The number of rotatable bonds is 4. The maximum Gasteiger partial charge on any atom is 0.225 e. The first-order chi connectivity index (χ1) is 8.99. The van der Waals surface area contributed by atoms with Gasteiger partial charge >= 0.3 is 0 Å². The molecule has 0 bridgehead atoms. The van der Waals surface area contributed by atoms with Crippen molar-refractivity contribution in [3.05, 3.63) is 0 Å². The molecule has 0 radical (unpaired) electrons. The second-order valence-electron chi connectivity index (χ2n) is 7.07. The molecule has 2 aliphatic rings. The summed E-state index contributed by atoms with van der Waals surface area (Å²) in [6.45, 7) is 13.2. The Bertz CT molecular complexity index is 314. The molecule has 1 amide bonds. The third kappa shape index (κ3) is 3.50. The Morgan fingerprint density at radius 3 is 2.53 bits per heavy atom. The van der Waals surface area contributed by atoms with Crippen LogP contribution in [0.25, 0.3) is 0 Å². The molecule has 2 aliphatic heterocycles. The van der Waals surface area contributed by atoms with Crippen LogP contribution in [0.3, 0.4) is 0 Å². The van der Waals surface area contributed by atoms with Crippen LogP contribution in [0.15, 0.2) is 0 Å². The molecule has 0 saturated carbocycles. The summed E-state index contributed by atoms with van der Waals surface area (Å²) in [4.78, 5) is 17.0. The highest BCUT2D eigenvalue weighted by molar-refractivity contribution is 5.78. The van der Waals surface area contributed by atoms with Crippen molar-refractivity contribution >= 4 is 5.91 Å². The summed E-state index contributed by atoms with van der Waals surface area (Å²) in [5, 5.41) is 0. The summed E-state index contributed by atoms with van der Waals surface area (Å²) >= 11 is 0. The van der Waals surface area contributed by atoms with Crippen molar-refractivity contribution in [3.63, 3.8) is 0 Å². The number of hydrogen-bond acceptors (Lipinski definition) is 2. The van der Waals surface area contributed by atoms with Gasteiger partial charge in [-0.25, -0.2) is 0 Å². The Balaban J connectivity index is 1.86. The quantitative estimate of drug-likeness (QED) is 0.781. The Labute approximate surface area is 118 Å². The number of carbonyl (C=O) groups excluding carboxylic acids is 1. The van der Waals surface area contributed by atoms with Crippen LogP contribution in [0.2, 0.25) is 0 Å². The smallest absolute Gasteiger partial charge is 0.225 e. The number of hydrogen-bond donors (Lipinski definition) is 0. The van der Waals surface area contributed by atoms with Crippen LogP contribution < -0.4 is 0 Å². The van der Waals surface area contributed by atoms with Gasteiger partial charge in [0.25, 0.3) is 0 Å². The fraction of sp³-hybridized carbons (Fsp3) is 0.938. The van der Waals surface area contributed by atoms with E-state index in [0.717, 1.165) is 18.4 Å². The minimum atomic E-state index is 0.151. The monoisotopic (exact) mass is 266 g/mol. The third-order valence-corrected chi connectivity index (χ3v) is 4.72. The van der Waals surface area contributed by atoms with Gasteiger partial charge < -0.3 is 9.80 Å². The molecule has 0 aromatic carbocycles. The van der Waals surface area contributed by atoms with Gasteiger partial charge in [-0.3, -0.25) is 4.79 Å². The highest BCUT2D eigenvalue weighted by Crippen LogP contribution is 2.32. The molecule has 2 rings (SSSR count). The van der Waals surface area contributed by atoms with Crippen LogP contribution in [0.1, 0.15) is 47.0 Å². The highest BCUT2D eigenvalue weighted by Gasteiger charge is 2.40. The van der Waals surface area contributed by atoms with E-state index >= 15 is 0 Å². The van der Waals surface area contributed by atoms with Gasteiger partial charge in [-0.2, -0.15) is 0 Å². The predicted octanol–water partition coefficient (Wildman–Crippen LogP) is 2.61. The first kappa shape index (κ1) is 14.8. The molecule has 0 aromatic rings. The van der Waals surface area contributed by atoms with Crippen molar-refractivity contribution in [2.45, 2.75) is 53.0 Å². The highest BCUT2D eigenvalue weighted by atomic mass is 16.2. The average Bonchev–Trinajstić information content (AvgIpc) is 2.78. The lowest BCUT2D eigenvalue weighted by atomic mass is 9.92. The normalized spacial score (nSPS) is 28.2. The zero-order valence-electron chi connectivity index (χ0n) is 13.1.